The van der Waals surface area contributed by atoms with Gasteiger partial charge in [0, 0.05) is 19.1 Å². The summed E-state index contributed by atoms with van der Waals surface area (Å²) in [7, 11) is -3.53. The lowest BCUT2D eigenvalue weighted by molar-refractivity contribution is -0.144. The molecule has 7 heteroatoms. The molecule has 0 unspecified atom stereocenters. The van der Waals surface area contributed by atoms with Gasteiger partial charge in [-0.1, -0.05) is 6.92 Å². The molecule has 2 atom stereocenters. The van der Waals surface area contributed by atoms with E-state index >= 15 is 0 Å². The van der Waals surface area contributed by atoms with E-state index < -0.39 is 28.1 Å². The Morgan fingerprint density at radius 1 is 1.56 bits per heavy atom. The van der Waals surface area contributed by atoms with Gasteiger partial charge in [-0.05, 0) is 19.8 Å². The van der Waals surface area contributed by atoms with E-state index in [0.717, 1.165) is 0 Å². The maximum absolute atomic E-state index is 11.8. The second-order valence-electron chi connectivity index (χ2n) is 3.94. The lowest BCUT2D eigenvalue weighted by atomic mass is 9.92. The summed E-state index contributed by atoms with van der Waals surface area (Å²) in [6.45, 7) is 4.04. The molecule has 0 saturated carbocycles. The molecule has 1 saturated heterocycles. The zero-order valence-corrected chi connectivity index (χ0v) is 10.3. The van der Waals surface area contributed by atoms with Crippen molar-refractivity contribution in [1.29, 1.82) is 0 Å². The van der Waals surface area contributed by atoms with Gasteiger partial charge in [0.15, 0.2) is 0 Å². The van der Waals surface area contributed by atoms with Crippen LogP contribution < -0.4 is 4.72 Å². The second kappa shape index (κ2) is 5.11. The molecule has 0 amide bonds. The third kappa shape index (κ3) is 2.72. The van der Waals surface area contributed by atoms with Crippen LogP contribution in [0.25, 0.3) is 0 Å². The number of piperidine rings is 1. The quantitative estimate of drug-likeness (QED) is 0.736. The molecule has 0 radical (unpaired) electrons. The van der Waals surface area contributed by atoms with Crippen LogP contribution in [-0.4, -0.2) is 42.9 Å². The molecule has 1 heterocycles. The molecular weight excluding hydrogens is 232 g/mol. The van der Waals surface area contributed by atoms with Gasteiger partial charge in [-0.3, -0.25) is 4.79 Å². The van der Waals surface area contributed by atoms with Crippen molar-refractivity contribution in [2.75, 3.05) is 13.1 Å². The molecule has 1 rings (SSSR count). The van der Waals surface area contributed by atoms with E-state index in [1.54, 1.807) is 13.8 Å². The van der Waals surface area contributed by atoms with Crippen LogP contribution in [0.3, 0.4) is 0 Å². The molecule has 0 aromatic rings. The Morgan fingerprint density at radius 3 is 2.69 bits per heavy atom. The van der Waals surface area contributed by atoms with Crippen molar-refractivity contribution < 1.29 is 18.3 Å². The number of hydrogen-bond donors (Lipinski definition) is 2. The third-order valence-electron chi connectivity index (χ3n) is 2.88. The molecule has 94 valence electrons. The maximum atomic E-state index is 11.8. The van der Waals surface area contributed by atoms with Crippen molar-refractivity contribution in [3.63, 3.8) is 0 Å². The van der Waals surface area contributed by atoms with Gasteiger partial charge in [-0.25, -0.2) is 4.72 Å². The number of carboxylic acid groups (broad SMARTS) is 1. The Hall–Kier alpha value is -0.660. The molecule has 0 bridgehead atoms. The molecular formula is C9H18N2O4S. The SMILES string of the molecule is CCNS(=O)(=O)N1CCC[C@H](C(=O)O)[C@@H]1C. The molecule has 0 spiro atoms. The Morgan fingerprint density at radius 2 is 2.19 bits per heavy atom. The van der Waals surface area contributed by atoms with Gasteiger partial charge < -0.3 is 5.11 Å². The average molecular weight is 250 g/mol. The van der Waals surface area contributed by atoms with Crippen LogP contribution in [0.1, 0.15) is 26.7 Å². The largest absolute Gasteiger partial charge is 0.481 e. The standard InChI is InChI=1S/C9H18N2O4S/c1-3-10-16(14,15)11-6-4-5-8(7(11)2)9(12)13/h7-8,10H,3-6H2,1-2H3,(H,12,13)/t7-,8-/m0/s1. The fourth-order valence-corrected chi connectivity index (χ4v) is 3.53. The lowest BCUT2D eigenvalue weighted by Gasteiger charge is -2.36. The predicted octanol–water partition coefficient (Wildman–Crippen LogP) is 0.0258. The number of nitrogens with zero attached hydrogens (tertiary/aromatic N) is 1. The normalized spacial score (nSPS) is 27.9. The molecule has 1 aliphatic rings. The van der Waals surface area contributed by atoms with Gasteiger partial charge in [-0.15, -0.1) is 0 Å². The molecule has 2 N–H and O–H groups in total. The van der Waals surface area contributed by atoms with E-state index in [-0.39, 0.29) is 0 Å². The zero-order chi connectivity index (χ0) is 12.3. The number of hydrogen-bond acceptors (Lipinski definition) is 3. The highest BCUT2D eigenvalue weighted by atomic mass is 32.2. The molecule has 0 aliphatic carbocycles. The fraction of sp³-hybridized carbons (Fsp3) is 0.889. The number of rotatable bonds is 4. The van der Waals surface area contributed by atoms with Gasteiger partial charge in [0.25, 0.3) is 10.2 Å². The summed E-state index contributed by atoms with van der Waals surface area (Å²) in [5.74, 6) is -1.54. The number of carbonyl (C=O) groups is 1. The van der Waals surface area contributed by atoms with Crippen molar-refractivity contribution >= 4 is 16.2 Å². The number of carboxylic acids is 1. The van der Waals surface area contributed by atoms with Crippen LogP contribution in [-0.2, 0) is 15.0 Å². The minimum atomic E-state index is -3.53. The van der Waals surface area contributed by atoms with E-state index in [4.69, 9.17) is 5.11 Å². The smallest absolute Gasteiger partial charge is 0.308 e. The molecule has 0 aromatic carbocycles. The zero-order valence-electron chi connectivity index (χ0n) is 9.51. The number of nitrogens with one attached hydrogen (secondary N) is 1. The molecule has 1 fully saturated rings. The third-order valence-corrected chi connectivity index (χ3v) is 4.67. The summed E-state index contributed by atoms with van der Waals surface area (Å²) in [5.41, 5.74) is 0. The van der Waals surface area contributed by atoms with E-state index in [0.29, 0.717) is 25.9 Å². The first-order chi connectivity index (χ1) is 7.40. The maximum Gasteiger partial charge on any atom is 0.308 e. The van der Waals surface area contributed by atoms with Crippen LogP contribution in [0.4, 0.5) is 0 Å². The average Bonchev–Trinajstić information content (AvgIpc) is 2.17. The van der Waals surface area contributed by atoms with E-state index in [1.807, 2.05) is 0 Å². The van der Waals surface area contributed by atoms with Crippen molar-refractivity contribution in [3.8, 4) is 0 Å². The molecule has 6 nitrogen and oxygen atoms in total. The first kappa shape index (κ1) is 13.4. The minimum Gasteiger partial charge on any atom is -0.481 e. The summed E-state index contributed by atoms with van der Waals surface area (Å²) in [5, 5.41) is 8.98. The summed E-state index contributed by atoms with van der Waals surface area (Å²) in [4.78, 5) is 11.0. The number of aliphatic carboxylic acids is 1. The summed E-state index contributed by atoms with van der Waals surface area (Å²) in [6.07, 6.45) is 1.13. The van der Waals surface area contributed by atoms with Crippen LogP contribution in [0, 0.1) is 5.92 Å². The van der Waals surface area contributed by atoms with Gasteiger partial charge in [-0.2, -0.15) is 12.7 Å². The van der Waals surface area contributed by atoms with E-state index in [1.165, 1.54) is 4.31 Å². The Balaban J connectivity index is 2.85. The first-order valence-electron chi connectivity index (χ1n) is 5.39. The van der Waals surface area contributed by atoms with Crippen molar-refractivity contribution in [3.05, 3.63) is 0 Å². The fourth-order valence-electron chi connectivity index (χ4n) is 2.05. The molecule has 16 heavy (non-hydrogen) atoms. The van der Waals surface area contributed by atoms with Crippen molar-refractivity contribution in [2.45, 2.75) is 32.7 Å². The first-order valence-corrected chi connectivity index (χ1v) is 6.83. The summed E-state index contributed by atoms with van der Waals surface area (Å²) in [6, 6.07) is -0.490. The van der Waals surface area contributed by atoms with Crippen LogP contribution in [0.15, 0.2) is 0 Å². The van der Waals surface area contributed by atoms with Gasteiger partial charge in [0.2, 0.25) is 0 Å². The monoisotopic (exact) mass is 250 g/mol. The highest BCUT2D eigenvalue weighted by Gasteiger charge is 2.38. The van der Waals surface area contributed by atoms with E-state index in [2.05, 4.69) is 4.72 Å². The lowest BCUT2D eigenvalue weighted by Crippen LogP contribution is -2.52. The predicted molar refractivity (Wildman–Crippen MR) is 59.1 cm³/mol. The highest BCUT2D eigenvalue weighted by molar-refractivity contribution is 7.87. The van der Waals surface area contributed by atoms with Crippen LogP contribution >= 0.6 is 0 Å². The minimum absolute atomic E-state index is 0.309. The van der Waals surface area contributed by atoms with Crippen molar-refractivity contribution in [1.82, 2.24) is 9.03 Å². The Labute approximate surface area is 95.8 Å². The van der Waals surface area contributed by atoms with Crippen LogP contribution in [0.5, 0.6) is 0 Å². The second-order valence-corrected chi connectivity index (χ2v) is 5.65. The Bertz CT molecular complexity index is 355. The highest BCUT2D eigenvalue weighted by Crippen LogP contribution is 2.25. The van der Waals surface area contributed by atoms with Crippen molar-refractivity contribution in [2.24, 2.45) is 5.92 Å². The summed E-state index contributed by atoms with van der Waals surface area (Å²) < 4.78 is 27.2. The molecule has 0 aromatic heterocycles. The van der Waals surface area contributed by atoms with Crippen LogP contribution in [0.2, 0.25) is 0 Å². The van der Waals surface area contributed by atoms with Gasteiger partial charge >= 0.3 is 5.97 Å². The van der Waals surface area contributed by atoms with E-state index in [9.17, 15) is 13.2 Å². The molecule has 1 aliphatic heterocycles. The van der Waals surface area contributed by atoms with Gasteiger partial charge in [0.05, 0.1) is 5.92 Å². The summed E-state index contributed by atoms with van der Waals surface area (Å²) >= 11 is 0. The van der Waals surface area contributed by atoms with Gasteiger partial charge in [0.1, 0.15) is 0 Å². The topological polar surface area (TPSA) is 86.7 Å². The Kier molecular flexibility index (Phi) is 4.28.